The Morgan fingerprint density at radius 2 is 1.85 bits per heavy atom. The van der Waals surface area contributed by atoms with Crippen LogP contribution in [0.5, 0.6) is 11.5 Å². The third-order valence-electron chi connectivity index (χ3n) is 4.45. The fourth-order valence-electron chi connectivity index (χ4n) is 2.61. The third-order valence-corrected chi connectivity index (χ3v) is 4.45. The topological polar surface area (TPSA) is 50.4 Å². The van der Waals surface area contributed by atoms with Crippen LogP contribution in [0.15, 0.2) is 48.5 Å². The molecule has 0 aromatic heterocycles. The highest BCUT2D eigenvalue weighted by Gasteiger charge is 2.31. The van der Waals surface area contributed by atoms with Crippen molar-refractivity contribution in [3.05, 3.63) is 54.1 Å². The maximum Gasteiger partial charge on any atom is 0.416 e. The lowest BCUT2D eigenvalue weighted by atomic mass is 9.88. The number of rotatable bonds is 5. The van der Waals surface area contributed by atoms with Gasteiger partial charge < -0.3 is 15.4 Å². The normalized spacial score (nSPS) is 15.8. The first-order valence-corrected chi connectivity index (χ1v) is 8.30. The van der Waals surface area contributed by atoms with Gasteiger partial charge in [-0.15, -0.1) is 0 Å². The molecular weight excluding hydrogens is 345 g/mol. The minimum Gasteiger partial charge on any atom is -0.457 e. The molecule has 1 amide bonds. The Morgan fingerprint density at radius 3 is 2.42 bits per heavy atom. The second-order valence-electron chi connectivity index (χ2n) is 6.35. The Kier molecular flexibility index (Phi) is 5.18. The molecule has 1 fully saturated rings. The number of alkyl halides is 3. The van der Waals surface area contributed by atoms with Crippen molar-refractivity contribution in [2.75, 3.05) is 18.4 Å². The van der Waals surface area contributed by atoms with Gasteiger partial charge in [0, 0.05) is 11.6 Å². The summed E-state index contributed by atoms with van der Waals surface area (Å²) >= 11 is 0. The second-order valence-corrected chi connectivity index (χ2v) is 6.35. The van der Waals surface area contributed by atoms with Crippen molar-refractivity contribution in [3.63, 3.8) is 0 Å². The van der Waals surface area contributed by atoms with Crippen LogP contribution in [0.1, 0.15) is 12.5 Å². The molecule has 1 unspecified atom stereocenters. The Morgan fingerprint density at radius 1 is 1.15 bits per heavy atom. The number of benzene rings is 2. The summed E-state index contributed by atoms with van der Waals surface area (Å²) in [6.07, 6.45) is -4.42. The zero-order valence-corrected chi connectivity index (χ0v) is 14.1. The van der Waals surface area contributed by atoms with E-state index in [1.165, 1.54) is 12.1 Å². The number of anilines is 1. The molecule has 0 saturated carbocycles. The average Bonchev–Trinajstić information content (AvgIpc) is 2.54. The quantitative estimate of drug-likeness (QED) is 0.832. The molecule has 1 aliphatic heterocycles. The molecule has 3 rings (SSSR count). The van der Waals surface area contributed by atoms with Gasteiger partial charge in [0.05, 0.1) is 5.56 Å². The molecule has 0 radical (unpaired) electrons. The zero-order valence-electron chi connectivity index (χ0n) is 14.1. The fourth-order valence-corrected chi connectivity index (χ4v) is 2.61. The van der Waals surface area contributed by atoms with E-state index < -0.39 is 11.7 Å². The van der Waals surface area contributed by atoms with Crippen molar-refractivity contribution in [1.82, 2.24) is 5.32 Å². The molecule has 0 bridgehead atoms. The van der Waals surface area contributed by atoms with Crippen LogP contribution in [0.2, 0.25) is 0 Å². The fraction of sp³-hybridized carbons (Fsp3) is 0.316. The number of halogens is 3. The molecule has 2 aromatic carbocycles. The first-order chi connectivity index (χ1) is 12.3. The highest BCUT2D eigenvalue weighted by atomic mass is 19.4. The Hall–Kier alpha value is -2.54. The molecule has 1 saturated heterocycles. The van der Waals surface area contributed by atoms with Crippen molar-refractivity contribution in [2.24, 2.45) is 11.8 Å². The van der Waals surface area contributed by atoms with E-state index in [1.54, 1.807) is 24.3 Å². The lowest BCUT2D eigenvalue weighted by Crippen LogP contribution is -2.48. The maximum absolute atomic E-state index is 12.7. The summed E-state index contributed by atoms with van der Waals surface area (Å²) in [5, 5.41) is 5.98. The number of ether oxygens (including phenoxy) is 1. The van der Waals surface area contributed by atoms with Crippen LogP contribution in [-0.2, 0) is 11.0 Å². The van der Waals surface area contributed by atoms with Crippen LogP contribution in [0.3, 0.4) is 0 Å². The predicted octanol–water partition coefficient (Wildman–Crippen LogP) is 4.29. The number of carbonyl (C=O) groups is 1. The molecule has 1 aliphatic rings. The first-order valence-electron chi connectivity index (χ1n) is 8.30. The summed E-state index contributed by atoms with van der Waals surface area (Å²) < 4.78 is 43.7. The maximum atomic E-state index is 12.7. The Labute approximate surface area is 149 Å². The number of nitrogens with one attached hydrogen (secondary N) is 2. The number of amides is 1. The van der Waals surface area contributed by atoms with Crippen LogP contribution < -0.4 is 15.4 Å². The lowest BCUT2D eigenvalue weighted by Gasteiger charge is -2.31. The van der Waals surface area contributed by atoms with Crippen molar-refractivity contribution >= 4 is 11.6 Å². The third kappa shape index (κ3) is 4.35. The van der Waals surface area contributed by atoms with Gasteiger partial charge in [-0.25, -0.2) is 0 Å². The molecule has 1 heterocycles. The summed E-state index contributed by atoms with van der Waals surface area (Å²) in [5.41, 5.74) is -0.149. The number of hydrogen-bond acceptors (Lipinski definition) is 3. The van der Waals surface area contributed by atoms with Crippen molar-refractivity contribution in [3.8, 4) is 11.5 Å². The van der Waals surface area contributed by atoms with Gasteiger partial charge in [0.25, 0.3) is 0 Å². The van der Waals surface area contributed by atoms with Crippen molar-refractivity contribution in [1.29, 1.82) is 0 Å². The molecule has 2 N–H and O–H groups in total. The highest BCUT2D eigenvalue weighted by molar-refractivity contribution is 5.92. The SMILES string of the molecule is CC(C(=O)Nc1ccc(Oc2cccc(C(F)(F)F)c2)cc1)C1CNC1. The standard InChI is InChI=1S/C19H19F3N2O2/c1-12(13-10-23-11-13)18(25)24-15-5-7-16(8-6-15)26-17-4-2-3-14(9-17)19(20,21)22/h2-9,12-13,23H,10-11H2,1H3,(H,24,25). The number of carbonyl (C=O) groups excluding carboxylic acids is 1. The second kappa shape index (κ2) is 7.37. The van der Waals surface area contributed by atoms with E-state index in [0.717, 1.165) is 25.2 Å². The summed E-state index contributed by atoms with van der Waals surface area (Å²) in [6.45, 7) is 3.59. The molecule has 26 heavy (non-hydrogen) atoms. The first kappa shape index (κ1) is 18.3. The van der Waals surface area contributed by atoms with Crippen LogP contribution in [0, 0.1) is 11.8 Å². The molecule has 7 heteroatoms. The van der Waals surface area contributed by atoms with E-state index in [0.29, 0.717) is 17.4 Å². The largest absolute Gasteiger partial charge is 0.457 e. The molecule has 1 atom stereocenters. The zero-order chi connectivity index (χ0) is 18.7. The minimum absolute atomic E-state index is 0.0527. The van der Waals surface area contributed by atoms with Gasteiger partial charge in [-0.05, 0) is 61.5 Å². The van der Waals surface area contributed by atoms with Crippen LogP contribution >= 0.6 is 0 Å². The van der Waals surface area contributed by atoms with Gasteiger partial charge in [0.2, 0.25) is 5.91 Å². The van der Waals surface area contributed by atoms with Crippen molar-refractivity contribution in [2.45, 2.75) is 13.1 Å². The lowest BCUT2D eigenvalue weighted by molar-refractivity contribution is -0.137. The Bertz CT molecular complexity index is 771. The molecular formula is C19H19F3N2O2. The van der Waals surface area contributed by atoms with Gasteiger partial charge in [0.15, 0.2) is 0 Å². The highest BCUT2D eigenvalue weighted by Crippen LogP contribution is 2.33. The average molecular weight is 364 g/mol. The van der Waals surface area contributed by atoms with E-state index in [-0.39, 0.29) is 17.6 Å². The summed E-state index contributed by atoms with van der Waals surface area (Å²) in [7, 11) is 0. The molecule has 0 aliphatic carbocycles. The summed E-state index contributed by atoms with van der Waals surface area (Å²) in [4.78, 5) is 12.2. The van der Waals surface area contributed by atoms with Crippen LogP contribution in [-0.4, -0.2) is 19.0 Å². The molecule has 0 spiro atoms. The minimum atomic E-state index is -4.42. The summed E-state index contributed by atoms with van der Waals surface area (Å²) in [5.74, 6) is 0.695. The van der Waals surface area contributed by atoms with Gasteiger partial charge in [-0.2, -0.15) is 13.2 Å². The van der Waals surface area contributed by atoms with E-state index in [1.807, 2.05) is 6.92 Å². The monoisotopic (exact) mass is 364 g/mol. The van der Waals surface area contributed by atoms with Gasteiger partial charge in [0.1, 0.15) is 11.5 Å². The molecule has 2 aromatic rings. The Balaban J connectivity index is 1.62. The van der Waals surface area contributed by atoms with E-state index >= 15 is 0 Å². The summed E-state index contributed by atoms with van der Waals surface area (Å²) in [6, 6.07) is 11.2. The van der Waals surface area contributed by atoms with Crippen LogP contribution in [0.25, 0.3) is 0 Å². The van der Waals surface area contributed by atoms with Gasteiger partial charge in [-0.3, -0.25) is 4.79 Å². The molecule has 4 nitrogen and oxygen atoms in total. The van der Waals surface area contributed by atoms with E-state index in [2.05, 4.69) is 10.6 Å². The van der Waals surface area contributed by atoms with Gasteiger partial charge >= 0.3 is 6.18 Å². The van der Waals surface area contributed by atoms with E-state index in [4.69, 9.17) is 4.74 Å². The predicted molar refractivity (Wildman–Crippen MR) is 92.1 cm³/mol. The van der Waals surface area contributed by atoms with Crippen molar-refractivity contribution < 1.29 is 22.7 Å². The van der Waals surface area contributed by atoms with E-state index in [9.17, 15) is 18.0 Å². The van der Waals surface area contributed by atoms with Gasteiger partial charge in [-0.1, -0.05) is 13.0 Å². The van der Waals surface area contributed by atoms with Crippen LogP contribution in [0.4, 0.5) is 18.9 Å². The number of hydrogen-bond donors (Lipinski definition) is 2. The molecule has 138 valence electrons. The smallest absolute Gasteiger partial charge is 0.416 e.